The van der Waals surface area contributed by atoms with Crippen LogP contribution in [0.3, 0.4) is 0 Å². The second-order valence-corrected chi connectivity index (χ2v) is 8.71. The third kappa shape index (κ3) is 3.87. The summed E-state index contributed by atoms with van der Waals surface area (Å²) < 4.78 is 28.1. The molecule has 130 valence electrons. The normalized spacial score (nSPS) is 21.7. The monoisotopic (exact) mass is 347 g/mol. The van der Waals surface area contributed by atoms with Crippen molar-refractivity contribution in [3.8, 4) is 0 Å². The third-order valence-electron chi connectivity index (χ3n) is 4.79. The summed E-state index contributed by atoms with van der Waals surface area (Å²) in [6, 6.07) is 7.24. The molecule has 0 bridgehead atoms. The Morgan fingerprint density at radius 3 is 2.67 bits per heavy atom. The van der Waals surface area contributed by atoms with Gasteiger partial charge in [-0.2, -0.15) is 0 Å². The molecule has 24 heavy (non-hydrogen) atoms. The molecular weight excluding hydrogens is 322 g/mol. The van der Waals surface area contributed by atoms with Crippen LogP contribution in [0.25, 0.3) is 0 Å². The maximum atomic E-state index is 13.0. The molecule has 1 fully saturated rings. The Labute approximate surface area is 144 Å². The van der Waals surface area contributed by atoms with Crippen molar-refractivity contribution in [2.75, 3.05) is 6.54 Å². The van der Waals surface area contributed by atoms with Gasteiger partial charge in [-0.3, -0.25) is 0 Å². The molecular formula is C18H25N3O2S. The summed E-state index contributed by atoms with van der Waals surface area (Å²) in [5.74, 6) is 0. The van der Waals surface area contributed by atoms with Crippen molar-refractivity contribution >= 4 is 9.84 Å². The van der Waals surface area contributed by atoms with Crippen LogP contribution in [0.15, 0.2) is 47.9 Å². The number of aryl methyl sites for hydroxylation is 1. The van der Waals surface area contributed by atoms with Crippen molar-refractivity contribution < 1.29 is 8.42 Å². The largest absolute Gasteiger partial charge is 0.336 e. The summed E-state index contributed by atoms with van der Waals surface area (Å²) in [6.45, 7) is 3.52. The van der Waals surface area contributed by atoms with E-state index in [0.29, 0.717) is 4.90 Å². The fourth-order valence-corrected chi connectivity index (χ4v) is 5.41. The zero-order valence-corrected chi connectivity index (χ0v) is 14.9. The van der Waals surface area contributed by atoms with Gasteiger partial charge in [0.05, 0.1) is 16.5 Å². The van der Waals surface area contributed by atoms with E-state index in [4.69, 9.17) is 0 Å². The molecule has 1 aliphatic carbocycles. The molecule has 1 saturated carbocycles. The van der Waals surface area contributed by atoms with Crippen LogP contribution < -0.4 is 5.32 Å². The first-order valence-electron chi connectivity index (χ1n) is 8.57. The molecule has 1 aliphatic rings. The molecule has 3 rings (SSSR count). The van der Waals surface area contributed by atoms with Crippen molar-refractivity contribution in [3.63, 3.8) is 0 Å². The number of rotatable bonds is 6. The Kier molecular flexibility index (Phi) is 5.36. The van der Waals surface area contributed by atoms with Crippen molar-refractivity contribution in [2.45, 2.75) is 55.3 Å². The van der Waals surface area contributed by atoms with Crippen LogP contribution in [-0.4, -0.2) is 35.8 Å². The number of imidazole rings is 1. The van der Waals surface area contributed by atoms with Gasteiger partial charge < -0.3 is 9.88 Å². The first-order valence-corrected chi connectivity index (χ1v) is 10.1. The van der Waals surface area contributed by atoms with Crippen LogP contribution in [0.5, 0.6) is 0 Å². The lowest BCUT2D eigenvalue weighted by atomic mass is 9.95. The number of hydrogen-bond acceptors (Lipinski definition) is 4. The van der Waals surface area contributed by atoms with E-state index in [0.717, 1.165) is 44.3 Å². The number of sulfone groups is 1. The van der Waals surface area contributed by atoms with E-state index in [-0.39, 0.29) is 11.3 Å². The molecule has 1 aromatic heterocycles. The van der Waals surface area contributed by atoms with Gasteiger partial charge in [0, 0.05) is 31.5 Å². The van der Waals surface area contributed by atoms with Gasteiger partial charge in [0.25, 0.3) is 0 Å². The lowest BCUT2D eigenvalue weighted by molar-refractivity contribution is 0.365. The fraction of sp³-hybridized carbons (Fsp3) is 0.500. The number of nitrogens with one attached hydrogen (secondary N) is 1. The molecule has 0 spiro atoms. The number of hydrogen-bond donors (Lipinski definition) is 1. The van der Waals surface area contributed by atoms with Crippen molar-refractivity contribution in [2.24, 2.45) is 0 Å². The highest BCUT2D eigenvalue weighted by Crippen LogP contribution is 2.29. The minimum absolute atomic E-state index is 0.0218. The van der Waals surface area contributed by atoms with Gasteiger partial charge in [-0.25, -0.2) is 13.4 Å². The van der Waals surface area contributed by atoms with Gasteiger partial charge in [-0.05, 0) is 31.9 Å². The average Bonchev–Trinajstić information content (AvgIpc) is 3.09. The van der Waals surface area contributed by atoms with E-state index >= 15 is 0 Å². The second kappa shape index (κ2) is 7.49. The minimum atomic E-state index is -3.29. The van der Waals surface area contributed by atoms with Crippen LogP contribution in [0.1, 0.15) is 31.2 Å². The van der Waals surface area contributed by atoms with Crippen LogP contribution in [0.4, 0.5) is 0 Å². The Morgan fingerprint density at radius 2 is 1.96 bits per heavy atom. The zero-order chi connectivity index (χ0) is 17.0. The van der Waals surface area contributed by atoms with E-state index in [1.807, 2.05) is 29.8 Å². The summed E-state index contributed by atoms with van der Waals surface area (Å²) in [5.41, 5.74) is 1.08. The maximum absolute atomic E-state index is 13.0. The van der Waals surface area contributed by atoms with Gasteiger partial charge in [-0.1, -0.05) is 30.5 Å². The first-order chi connectivity index (χ1) is 11.6. The Hall–Kier alpha value is -1.66. The molecule has 0 unspecified atom stereocenters. The topological polar surface area (TPSA) is 64.0 Å². The van der Waals surface area contributed by atoms with Gasteiger partial charge in [0.15, 0.2) is 9.84 Å². The van der Waals surface area contributed by atoms with Crippen LogP contribution >= 0.6 is 0 Å². The summed E-state index contributed by atoms with van der Waals surface area (Å²) in [4.78, 5) is 4.47. The van der Waals surface area contributed by atoms with E-state index in [2.05, 4.69) is 10.3 Å². The standard InChI is InChI=1S/C18H25N3O2S/c1-15-6-8-16(9-7-15)24(22,23)18-5-3-2-4-17(18)20-11-13-21-12-10-19-14-21/h6-10,12,14,17-18,20H,2-5,11,13H2,1H3/t17-,18-/m0/s1. The quantitative estimate of drug-likeness (QED) is 0.872. The molecule has 5 nitrogen and oxygen atoms in total. The Bertz CT molecular complexity index is 739. The van der Waals surface area contributed by atoms with E-state index in [1.165, 1.54) is 0 Å². The molecule has 2 atom stereocenters. The van der Waals surface area contributed by atoms with Crippen molar-refractivity contribution in [3.05, 3.63) is 48.5 Å². The minimum Gasteiger partial charge on any atom is -0.336 e. The fourth-order valence-electron chi connectivity index (χ4n) is 3.40. The van der Waals surface area contributed by atoms with Gasteiger partial charge in [0.1, 0.15) is 0 Å². The van der Waals surface area contributed by atoms with Crippen LogP contribution in [0, 0.1) is 6.92 Å². The summed E-state index contributed by atoms with van der Waals surface area (Å²) in [5, 5.41) is 3.13. The summed E-state index contributed by atoms with van der Waals surface area (Å²) in [6.07, 6.45) is 9.17. The summed E-state index contributed by atoms with van der Waals surface area (Å²) in [7, 11) is -3.29. The van der Waals surface area contributed by atoms with Crippen molar-refractivity contribution in [1.29, 1.82) is 0 Å². The second-order valence-electron chi connectivity index (χ2n) is 6.54. The first kappa shape index (κ1) is 17.2. The maximum Gasteiger partial charge on any atom is 0.182 e. The molecule has 1 aromatic carbocycles. The van der Waals surface area contributed by atoms with Crippen molar-refractivity contribution in [1.82, 2.24) is 14.9 Å². The molecule has 0 aliphatic heterocycles. The molecule has 1 N–H and O–H groups in total. The molecule has 0 amide bonds. The lowest BCUT2D eigenvalue weighted by Crippen LogP contribution is -2.47. The lowest BCUT2D eigenvalue weighted by Gasteiger charge is -2.32. The Balaban J connectivity index is 1.70. The Morgan fingerprint density at radius 1 is 1.21 bits per heavy atom. The van der Waals surface area contributed by atoms with Crippen LogP contribution in [-0.2, 0) is 16.4 Å². The summed E-state index contributed by atoms with van der Waals surface area (Å²) >= 11 is 0. The number of nitrogens with zero attached hydrogens (tertiary/aromatic N) is 2. The highest BCUT2D eigenvalue weighted by atomic mass is 32.2. The average molecular weight is 347 g/mol. The van der Waals surface area contributed by atoms with E-state index < -0.39 is 9.84 Å². The molecule has 2 aromatic rings. The van der Waals surface area contributed by atoms with E-state index in [9.17, 15) is 8.42 Å². The van der Waals surface area contributed by atoms with Gasteiger partial charge in [-0.15, -0.1) is 0 Å². The highest BCUT2D eigenvalue weighted by Gasteiger charge is 2.36. The van der Waals surface area contributed by atoms with Gasteiger partial charge >= 0.3 is 0 Å². The molecule has 6 heteroatoms. The van der Waals surface area contributed by atoms with E-state index in [1.54, 1.807) is 24.7 Å². The molecule has 1 heterocycles. The zero-order valence-electron chi connectivity index (χ0n) is 14.1. The predicted octanol–water partition coefficient (Wildman–Crippen LogP) is 2.57. The molecule has 0 saturated heterocycles. The predicted molar refractivity (Wildman–Crippen MR) is 94.6 cm³/mol. The SMILES string of the molecule is Cc1ccc(S(=O)(=O)[C@H]2CCCC[C@@H]2NCCn2ccnc2)cc1. The third-order valence-corrected chi connectivity index (χ3v) is 7.08. The van der Waals surface area contributed by atoms with Crippen LogP contribution in [0.2, 0.25) is 0 Å². The molecule has 0 radical (unpaired) electrons. The van der Waals surface area contributed by atoms with Gasteiger partial charge in [0.2, 0.25) is 0 Å². The highest BCUT2D eigenvalue weighted by molar-refractivity contribution is 7.92. The number of aromatic nitrogens is 2. The number of benzene rings is 1. The smallest absolute Gasteiger partial charge is 0.182 e.